The van der Waals surface area contributed by atoms with Crippen molar-refractivity contribution in [2.75, 3.05) is 7.05 Å². The first-order valence-corrected chi connectivity index (χ1v) is 7.25. The van der Waals surface area contributed by atoms with Gasteiger partial charge in [-0.3, -0.25) is 14.9 Å². The third-order valence-electron chi connectivity index (χ3n) is 2.93. The molecule has 0 bridgehead atoms. The molecule has 1 atom stereocenters. The largest absolute Gasteiger partial charge is 0.502 e. The molecule has 10 heteroatoms. The first-order valence-electron chi connectivity index (χ1n) is 5.81. The Morgan fingerprint density at radius 2 is 2.05 bits per heavy atom. The van der Waals surface area contributed by atoms with Crippen LogP contribution < -0.4 is 0 Å². The van der Waals surface area contributed by atoms with E-state index in [4.69, 9.17) is 5.11 Å². The maximum absolute atomic E-state index is 12.3. The number of likely N-dealkylation sites (N-methyl/N-ethyl adjacent to an activating group) is 1. The van der Waals surface area contributed by atoms with E-state index < -0.39 is 43.3 Å². The van der Waals surface area contributed by atoms with Gasteiger partial charge in [0.05, 0.1) is 9.82 Å². The van der Waals surface area contributed by atoms with Gasteiger partial charge < -0.3 is 10.2 Å². The van der Waals surface area contributed by atoms with Gasteiger partial charge in [-0.25, -0.2) is 8.42 Å². The van der Waals surface area contributed by atoms with Gasteiger partial charge in [0, 0.05) is 13.1 Å². The Balaban J connectivity index is 3.34. The Labute approximate surface area is 120 Å². The summed E-state index contributed by atoms with van der Waals surface area (Å²) in [5.74, 6) is -2.00. The van der Waals surface area contributed by atoms with Crippen molar-refractivity contribution in [3.8, 4) is 5.75 Å². The third kappa shape index (κ3) is 3.28. The van der Waals surface area contributed by atoms with E-state index in [9.17, 15) is 28.4 Å². The quantitative estimate of drug-likeness (QED) is 0.584. The molecule has 1 aromatic carbocycles. The number of carbonyl (C=O) groups is 1. The molecule has 9 nitrogen and oxygen atoms in total. The smallest absolute Gasteiger partial charge is 0.321 e. The standard InChI is InChI=1S/C11H14N2O7S/c1-3-8(11(15)16)12(2)21(19,20)7-4-5-10(14)9(6-7)13(17)18/h4-6,8,14H,3H2,1-2H3,(H,15,16). The number of hydrogen-bond acceptors (Lipinski definition) is 6. The van der Waals surface area contributed by atoms with Crippen molar-refractivity contribution in [1.29, 1.82) is 0 Å². The zero-order chi connectivity index (χ0) is 16.4. The van der Waals surface area contributed by atoms with E-state index in [0.717, 1.165) is 19.2 Å². The summed E-state index contributed by atoms with van der Waals surface area (Å²) in [7, 11) is -3.15. The molecule has 1 aromatic rings. The van der Waals surface area contributed by atoms with Crippen molar-refractivity contribution in [2.45, 2.75) is 24.3 Å². The zero-order valence-corrected chi connectivity index (χ0v) is 12.1. The molecule has 0 aliphatic rings. The van der Waals surface area contributed by atoms with Gasteiger partial charge >= 0.3 is 11.7 Å². The van der Waals surface area contributed by atoms with Gasteiger partial charge in [-0.15, -0.1) is 0 Å². The van der Waals surface area contributed by atoms with Crippen LogP contribution in [0, 0.1) is 10.1 Å². The third-order valence-corrected chi connectivity index (χ3v) is 4.79. The number of benzene rings is 1. The van der Waals surface area contributed by atoms with Crippen molar-refractivity contribution in [2.24, 2.45) is 0 Å². The number of sulfonamides is 1. The van der Waals surface area contributed by atoms with Crippen LogP contribution >= 0.6 is 0 Å². The lowest BCUT2D eigenvalue weighted by Gasteiger charge is -2.23. The molecule has 0 saturated carbocycles. The lowest BCUT2D eigenvalue weighted by molar-refractivity contribution is -0.386. The highest BCUT2D eigenvalue weighted by atomic mass is 32.2. The predicted molar refractivity (Wildman–Crippen MR) is 71.4 cm³/mol. The van der Waals surface area contributed by atoms with Gasteiger partial charge in [-0.05, 0) is 18.6 Å². The number of nitrogens with zero attached hydrogens (tertiary/aromatic N) is 2. The molecule has 0 saturated heterocycles. The van der Waals surface area contributed by atoms with Crippen molar-refractivity contribution < 1.29 is 28.3 Å². The fraction of sp³-hybridized carbons (Fsp3) is 0.364. The highest BCUT2D eigenvalue weighted by Crippen LogP contribution is 2.29. The van der Waals surface area contributed by atoms with Crippen LogP contribution in [0.3, 0.4) is 0 Å². The highest BCUT2D eigenvalue weighted by molar-refractivity contribution is 7.89. The molecule has 0 heterocycles. The number of phenolic OH excluding ortho intramolecular Hbond substituents is 1. The van der Waals surface area contributed by atoms with Gasteiger partial charge in [-0.1, -0.05) is 6.92 Å². The molecule has 0 aliphatic carbocycles. The zero-order valence-electron chi connectivity index (χ0n) is 11.3. The lowest BCUT2D eigenvalue weighted by Crippen LogP contribution is -2.41. The Bertz CT molecular complexity index is 671. The molecule has 0 amide bonds. The number of nitro groups is 1. The molecule has 0 spiro atoms. The second kappa shape index (κ2) is 6.06. The highest BCUT2D eigenvalue weighted by Gasteiger charge is 2.32. The minimum absolute atomic E-state index is 0.0330. The molecule has 0 aromatic heterocycles. The second-order valence-electron chi connectivity index (χ2n) is 4.19. The molecule has 0 fully saturated rings. The topological polar surface area (TPSA) is 138 Å². The molecule has 1 rings (SSSR count). The van der Waals surface area contributed by atoms with E-state index in [1.165, 1.54) is 6.92 Å². The molecular weight excluding hydrogens is 304 g/mol. The lowest BCUT2D eigenvalue weighted by atomic mass is 10.2. The van der Waals surface area contributed by atoms with Crippen LogP contribution in [0.5, 0.6) is 5.75 Å². The van der Waals surface area contributed by atoms with Gasteiger partial charge in [-0.2, -0.15) is 4.31 Å². The van der Waals surface area contributed by atoms with Gasteiger partial charge in [0.2, 0.25) is 10.0 Å². The van der Waals surface area contributed by atoms with Crippen molar-refractivity contribution in [1.82, 2.24) is 4.31 Å². The van der Waals surface area contributed by atoms with Gasteiger partial charge in [0.1, 0.15) is 6.04 Å². The fourth-order valence-corrected chi connectivity index (χ4v) is 3.14. The van der Waals surface area contributed by atoms with Crippen LogP contribution in [0.25, 0.3) is 0 Å². The summed E-state index contributed by atoms with van der Waals surface area (Å²) in [6.45, 7) is 1.50. The van der Waals surface area contributed by atoms with Crippen LogP contribution in [-0.2, 0) is 14.8 Å². The minimum Gasteiger partial charge on any atom is -0.502 e. The Hall–Kier alpha value is -2.20. The van der Waals surface area contributed by atoms with Gasteiger partial charge in [0.15, 0.2) is 5.75 Å². The summed E-state index contributed by atoms with van der Waals surface area (Å²) < 4.78 is 25.2. The van der Waals surface area contributed by atoms with Crippen molar-refractivity contribution in [3.05, 3.63) is 28.3 Å². The second-order valence-corrected chi connectivity index (χ2v) is 6.19. The van der Waals surface area contributed by atoms with E-state index in [2.05, 4.69) is 0 Å². The van der Waals surface area contributed by atoms with E-state index in [1.54, 1.807) is 0 Å². The number of phenols is 1. The van der Waals surface area contributed by atoms with Crippen LogP contribution in [0.2, 0.25) is 0 Å². The molecule has 116 valence electrons. The Kier molecular flexibility index (Phi) is 4.86. The maximum Gasteiger partial charge on any atom is 0.321 e. The average molecular weight is 318 g/mol. The van der Waals surface area contributed by atoms with E-state index in [-0.39, 0.29) is 6.42 Å². The monoisotopic (exact) mass is 318 g/mol. The SMILES string of the molecule is CCC(C(=O)O)N(C)S(=O)(=O)c1ccc(O)c([N+](=O)[O-])c1. The Morgan fingerprint density at radius 1 is 1.48 bits per heavy atom. The maximum atomic E-state index is 12.3. The Morgan fingerprint density at radius 3 is 2.48 bits per heavy atom. The summed E-state index contributed by atoms with van der Waals surface area (Å²) in [5.41, 5.74) is -0.771. The minimum atomic E-state index is -4.23. The summed E-state index contributed by atoms with van der Waals surface area (Å²) >= 11 is 0. The number of nitro benzene ring substituents is 1. The van der Waals surface area contributed by atoms with Crippen molar-refractivity contribution >= 4 is 21.7 Å². The van der Waals surface area contributed by atoms with E-state index >= 15 is 0 Å². The van der Waals surface area contributed by atoms with E-state index in [0.29, 0.717) is 10.4 Å². The average Bonchev–Trinajstić information content (AvgIpc) is 2.38. The summed E-state index contributed by atoms with van der Waals surface area (Å²) in [5, 5.41) is 29.0. The van der Waals surface area contributed by atoms with Crippen LogP contribution in [-0.4, -0.2) is 46.9 Å². The number of rotatable bonds is 6. The molecule has 0 radical (unpaired) electrons. The van der Waals surface area contributed by atoms with Crippen LogP contribution in [0.1, 0.15) is 13.3 Å². The first kappa shape index (κ1) is 16.9. The molecular formula is C11H14N2O7S. The number of hydrogen-bond donors (Lipinski definition) is 2. The van der Waals surface area contributed by atoms with Crippen LogP contribution in [0.4, 0.5) is 5.69 Å². The summed E-state index contributed by atoms with van der Waals surface area (Å²) in [6, 6.07) is 1.25. The van der Waals surface area contributed by atoms with Gasteiger partial charge in [0.25, 0.3) is 0 Å². The van der Waals surface area contributed by atoms with Crippen LogP contribution in [0.15, 0.2) is 23.1 Å². The molecule has 21 heavy (non-hydrogen) atoms. The van der Waals surface area contributed by atoms with E-state index in [1.807, 2.05) is 0 Å². The predicted octanol–water partition coefficient (Wildman–Crippen LogP) is 0.784. The number of aliphatic carboxylic acids is 1. The normalized spacial score (nSPS) is 13.1. The summed E-state index contributed by atoms with van der Waals surface area (Å²) in [6.07, 6.45) is 0.0330. The number of carboxylic acid groups (broad SMARTS) is 1. The number of carboxylic acids is 1. The number of aromatic hydroxyl groups is 1. The summed E-state index contributed by atoms with van der Waals surface area (Å²) in [4.78, 5) is 20.3. The van der Waals surface area contributed by atoms with Crippen molar-refractivity contribution in [3.63, 3.8) is 0 Å². The molecule has 0 aliphatic heterocycles. The fourth-order valence-electron chi connectivity index (χ4n) is 1.73. The molecule has 1 unspecified atom stereocenters. The molecule has 2 N–H and O–H groups in total. The first-order chi connectivity index (χ1) is 9.62.